The molecule has 2 N–H and O–H groups in total. The molecule has 4 nitrogen and oxygen atoms in total. The highest BCUT2D eigenvalue weighted by Gasteiger charge is 2.21. The van der Waals surface area contributed by atoms with E-state index in [0.29, 0.717) is 23.4 Å². The first-order valence-electron chi connectivity index (χ1n) is 5.35. The van der Waals surface area contributed by atoms with Crippen molar-refractivity contribution in [2.45, 2.75) is 19.0 Å². The van der Waals surface area contributed by atoms with Gasteiger partial charge in [-0.2, -0.15) is 0 Å². The molecule has 1 fully saturated rings. The molecule has 1 aliphatic heterocycles. The van der Waals surface area contributed by atoms with E-state index in [-0.39, 0.29) is 0 Å². The maximum Gasteiger partial charge on any atom is 0.123 e. The Morgan fingerprint density at radius 3 is 3.12 bits per heavy atom. The van der Waals surface area contributed by atoms with E-state index in [0.717, 1.165) is 25.3 Å². The molecular formula is C11H16ClN3O. The predicted octanol–water partition coefficient (Wildman–Crippen LogP) is 1.54. The summed E-state index contributed by atoms with van der Waals surface area (Å²) in [6.07, 6.45) is 1.07. The molecule has 2 rings (SSSR count). The van der Waals surface area contributed by atoms with Crippen LogP contribution >= 0.6 is 11.6 Å². The van der Waals surface area contributed by atoms with Gasteiger partial charge in [-0.25, -0.2) is 4.98 Å². The zero-order valence-corrected chi connectivity index (χ0v) is 10.1. The van der Waals surface area contributed by atoms with Gasteiger partial charge in [0.25, 0.3) is 0 Å². The zero-order chi connectivity index (χ0) is 11.5. The van der Waals surface area contributed by atoms with Crippen molar-refractivity contribution in [3.63, 3.8) is 0 Å². The van der Waals surface area contributed by atoms with E-state index in [4.69, 9.17) is 22.1 Å². The van der Waals surface area contributed by atoms with Crippen molar-refractivity contribution in [2.75, 3.05) is 26.0 Å². The van der Waals surface area contributed by atoms with Crippen LogP contribution in [0.25, 0.3) is 0 Å². The van der Waals surface area contributed by atoms with Crippen LogP contribution in [0.4, 0.5) is 5.82 Å². The number of likely N-dealkylation sites (N-methyl/N-ethyl adjacent to an activating group) is 1. The number of nitrogens with two attached hydrogens (primary N) is 1. The van der Waals surface area contributed by atoms with Crippen LogP contribution in [0, 0.1) is 0 Å². The van der Waals surface area contributed by atoms with Gasteiger partial charge in [0, 0.05) is 19.2 Å². The Morgan fingerprint density at radius 1 is 1.62 bits per heavy atom. The van der Waals surface area contributed by atoms with Gasteiger partial charge in [-0.1, -0.05) is 11.6 Å². The first-order chi connectivity index (χ1) is 7.66. The summed E-state index contributed by atoms with van der Waals surface area (Å²) >= 11 is 6.07. The van der Waals surface area contributed by atoms with Gasteiger partial charge < -0.3 is 10.5 Å². The van der Waals surface area contributed by atoms with Crippen LogP contribution in [-0.4, -0.2) is 36.2 Å². The lowest BCUT2D eigenvalue weighted by atomic mass is 10.2. The van der Waals surface area contributed by atoms with Crippen LogP contribution in [0.3, 0.4) is 0 Å². The second-order valence-corrected chi connectivity index (χ2v) is 4.50. The maximum absolute atomic E-state index is 6.07. The van der Waals surface area contributed by atoms with Crippen LogP contribution in [0.1, 0.15) is 12.1 Å². The third-order valence-corrected chi connectivity index (χ3v) is 3.21. The molecule has 0 radical (unpaired) electrons. The summed E-state index contributed by atoms with van der Waals surface area (Å²) in [5.74, 6) is 0.510. The van der Waals surface area contributed by atoms with Gasteiger partial charge in [-0.3, -0.25) is 4.90 Å². The molecule has 0 saturated carbocycles. The minimum absolute atomic E-state index is 0.458. The predicted molar refractivity (Wildman–Crippen MR) is 64.4 cm³/mol. The van der Waals surface area contributed by atoms with Gasteiger partial charge in [0.1, 0.15) is 5.82 Å². The lowest BCUT2D eigenvalue weighted by molar-refractivity contribution is 0.156. The minimum Gasteiger partial charge on any atom is -0.384 e. The number of nitrogens with zero attached hydrogens (tertiary/aromatic N) is 2. The van der Waals surface area contributed by atoms with E-state index in [9.17, 15) is 0 Å². The molecule has 1 aliphatic rings. The Morgan fingerprint density at radius 2 is 2.44 bits per heavy atom. The number of aromatic nitrogens is 1. The summed E-state index contributed by atoms with van der Waals surface area (Å²) in [7, 11) is 2.06. The lowest BCUT2D eigenvalue weighted by Crippen LogP contribution is -2.31. The largest absolute Gasteiger partial charge is 0.384 e. The summed E-state index contributed by atoms with van der Waals surface area (Å²) in [4.78, 5) is 6.46. The average Bonchev–Trinajstić information content (AvgIpc) is 2.76. The number of hydrogen-bond donors (Lipinski definition) is 1. The number of hydrogen-bond acceptors (Lipinski definition) is 4. The molecule has 0 aromatic carbocycles. The summed E-state index contributed by atoms with van der Waals surface area (Å²) in [5.41, 5.74) is 6.47. The number of rotatable bonds is 3. The number of ether oxygens (including phenoxy) is 1. The van der Waals surface area contributed by atoms with Gasteiger partial charge >= 0.3 is 0 Å². The van der Waals surface area contributed by atoms with Gasteiger partial charge in [-0.15, -0.1) is 0 Å². The van der Waals surface area contributed by atoms with Crippen LogP contribution in [0.15, 0.2) is 12.1 Å². The lowest BCUT2D eigenvalue weighted by Gasteiger charge is -2.22. The summed E-state index contributed by atoms with van der Waals surface area (Å²) in [6.45, 7) is 2.33. The molecule has 1 aromatic heterocycles. The molecule has 16 heavy (non-hydrogen) atoms. The molecule has 1 unspecified atom stereocenters. The van der Waals surface area contributed by atoms with Crippen molar-refractivity contribution in [1.82, 2.24) is 9.88 Å². The standard InChI is InChI=1S/C11H16ClN3O/c1-15(8-4-5-16-7-8)6-10-9(12)2-3-11(13)14-10/h2-3,8H,4-7H2,1H3,(H2,13,14). The first kappa shape index (κ1) is 11.6. The van der Waals surface area contributed by atoms with Crippen LogP contribution in [-0.2, 0) is 11.3 Å². The number of pyridine rings is 1. The third kappa shape index (κ3) is 2.64. The molecule has 0 aliphatic carbocycles. The van der Waals surface area contributed by atoms with E-state index in [1.165, 1.54) is 0 Å². The van der Waals surface area contributed by atoms with Crippen LogP contribution in [0.5, 0.6) is 0 Å². The molecule has 88 valence electrons. The van der Waals surface area contributed by atoms with Crippen molar-refractivity contribution >= 4 is 17.4 Å². The quantitative estimate of drug-likeness (QED) is 0.872. The van der Waals surface area contributed by atoms with Crippen molar-refractivity contribution in [1.29, 1.82) is 0 Å². The van der Waals surface area contributed by atoms with Crippen molar-refractivity contribution in [3.05, 3.63) is 22.8 Å². The second-order valence-electron chi connectivity index (χ2n) is 4.10. The van der Waals surface area contributed by atoms with E-state index >= 15 is 0 Å². The SMILES string of the molecule is CN(Cc1nc(N)ccc1Cl)C1CCOC1. The fraction of sp³-hybridized carbons (Fsp3) is 0.545. The third-order valence-electron chi connectivity index (χ3n) is 2.87. The Balaban J connectivity index is 2.04. The van der Waals surface area contributed by atoms with Crippen LogP contribution < -0.4 is 5.73 Å². The molecule has 1 atom stereocenters. The fourth-order valence-electron chi connectivity index (χ4n) is 1.85. The fourth-order valence-corrected chi connectivity index (χ4v) is 2.01. The van der Waals surface area contributed by atoms with Gasteiger partial charge in [0.05, 0.1) is 17.3 Å². The second kappa shape index (κ2) is 4.99. The monoisotopic (exact) mass is 241 g/mol. The smallest absolute Gasteiger partial charge is 0.123 e. The molecule has 0 bridgehead atoms. The highest BCUT2D eigenvalue weighted by atomic mass is 35.5. The number of halogens is 1. The Hall–Kier alpha value is -0.840. The highest BCUT2D eigenvalue weighted by molar-refractivity contribution is 6.31. The molecule has 0 amide bonds. The first-order valence-corrected chi connectivity index (χ1v) is 5.73. The van der Waals surface area contributed by atoms with Crippen molar-refractivity contribution in [2.24, 2.45) is 0 Å². The van der Waals surface area contributed by atoms with E-state index in [1.54, 1.807) is 12.1 Å². The minimum atomic E-state index is 0.458. The average molecular weight is 242 g/mol. The molecule has 2 heterocycles. The normalized spacial score (nSPS) is 20.6. The summed E-state index contributed by atoms with van der Waals surface area (Å²) in [6, 6.07) is 3.96. The molecular weight excluding hydrogens is 226 g/mol. The molecule has 0 spiro atoms. The molecule has 1 aromatic rings. The zero-order valence-electron chi connectivity index (χ0n) is 9.32. The Bertz CT molecular complexity index is 366. The number of nitrogen functional groups attached to an aromatic ring is 1. The molecule has 1 saturated heterocycles. The van der Waals surface area contributed by atoms with Crippen LogP contribution in [0.2, 0.25) is 5.02 Å². The van der Waals surface area contributed by atoms with Gasteiger partial charge in [0.2, 0.25) is 0 Å². The van der Waals surface area contributed by atoms with Gasteiger partial charge in [-0.05, 0) is 25.6 Å². The maximum atomic E-state index is 6.07. The Labute approximate surface area is 100 Å². The van der Waals surface area contributed by atoms with Gasteiger partial charge in [0.15, 0.2) is 0 Å². The Kier molecular flexibility index (Phi) is 3.63. The molecule has 5 heteroatoms. The number of anilines is 1. The van der Waals surface area contributed by atoms with E-state index in [1.807, 2.05) is 0 Å². The summed E-state index contributed by atoms with van der Waals surface area (Å²) < 4.78 is 5.35. The highest BCUT2D eigenvalue weighted by Crippen LogP contribution is 2.19. The van der Waals surface area contributed by atoms with Crippen molar-refractivity contribution < 1.29 is 4.74 Å². The summed E-state index contributed by atoms with van der Waals surface area (Å²) in [5, 5.41) is 0.667. The van der Waals surface area contributed by atoms with Crippen molar-refractivity contribution in [3.8, 4) is 0 Å². The van der Waals surface area contributed by atoms with E-state index in [2.05, 4.69) is 16.9 Å². The topological polar surface area (TPSA) is 51.4 Å². The van der Waals surface area contributed by atoms with E-state index < -0.39 is 0 Å².